The molecule has 152 valence electrons. The second-order valence-corrected chi connectivity index (χ2v) is 6.76. The first-order valence-electron chi connectivity index (χ1n) is 9.61. The normalized spacial score (nSPS) is 13.6. The number of anilines is 2. The largest absolute Gasteiger partial charge is 0.462 e. The molecule has 0 atom stereocenters. The Bertz CT molecular complexity index is 905. The van der Waals surface area contributed by atoms with Gasteiger partial charge in [-0.2, -0.15) is 0 Å². The third-order valence-corrected chi connectivity index (χ3v) is 4.78. The molecule has 1 heterocycles. The molecule has 0 spiro atoms. The molecule has 2 aromatic rings. The Labute approximate surface area is 168 Å². The van der Waals surface area contributed by atoms with E-state index in [0.717, 1.165) is 32.4 Å². The quantitative estimate of drug-likeness (QED) is 0.449. The van der Waals surface area contributed by atoms with Crippen molar-refractivity contribution in [2.24, 2.45) is 0 Å². The van der Waals surface area contributed by atoms with E-state index in [-0.39, 0.29) is 17.9 Å². The smallest absolute Gasteiger partial charge is 0.338 e. The molecule has 3 rings (SSSR count). The highest BCUT2D eigenvalue weighted by Crippen LogP contribution is 2.31. The molecule has 1 saturated heterocycles. The van der Waals surface area contributed by atoms with Gasteiger partial charge in [-0.25, -0.2) is 4.79 Å². The van der Waals surface area contributed by atoms with Crippen molar-refractivity contribution in [3.05, 3.63) is 63.7 Å². The van der Waals surface area contributed by atoms with Gasteiger partial charge in [-0.15, -0.1) is 0 Å². The van der Waals surface area contributed by atoms with Crippen LogP contribution in [0, 0.1) is 10.1 Å². The van der Waals surface area contributed by atoms with Crippen molar-refractivity contribution < 1.29 is 19.2 Å². The number of nitrogens with one attached hydrogen (secondary N) is 1. The summed E-state index contributed by atoms with van der Waals surface area (Å²) in [6.45, 7) is 3.56. The van der Waals surface area contributed by atoms with Crippen molar-refractivity contribution in [2.75, 3.05) is 29.9 Å². The fourth-order valence-electron chi connectivity index (χ4n) is 3.32. The van der Waals surface area contributed by atoms with Crippen molar-refractivity contribution in [3.63, 3.8) is 0 Å². The lowest BCUT2D eigenvalue weighted by atomic mass is 10.1. The molecule has 0 saturated carbocycles. The molecule has 8 heteroatoms. The Morgan fingerprint density at radius 2 is 1.72 bits per heavy atom. The van der Waals surface area contributed by atoms with Gasteiger partial charge in [0.25, 0.3) is 11.6 Å². The Morgan fingerprint density at radius 3 is 2.34 bits per heavy atom. The fourth-order valence-corrected chi connectivity index (χ4v) is 3.32. The molecule has 1 amide bonds. The predicted octanol–water partition coefficient (Wildman–Crippen LogP) is 4.01. The summed E-state index contributed by atoms with van der Waals surface area (Å²) >= 11 is 0. The summed E-state index contributed by atoms with van der Waals surface area (Å²) < 4.78 is 4.92. The molecule has 0 radical (unpaired) electrons. The first-order valence-corrected chi connectivity index (χ1v) is 9.61. The second kappa shape index (κ2) is 9.18. The first-order chi connectivity index (χ1) is 14.0. The monoisotopic (exact) mass is 397 g/mol. The Kier molecular flexibility index (Phi) is 6.43. The SMILES string of the molecule is CCOC(=O)c1ccc(NC(=O)c2ccc(N3CCCCC3)c([N+](=O)[O-])c2)cc1. The summed E-state index contributed by atoms with van der Waals surface area (Å²) in [5, 5.41) is 14.2. The van der Waals surface area contributed by atoms with Crippen molar-refractivity contribution in [1.29, 1.82) is 0 Å². The highest BCUT2D eigenvalue weighted by Gasteiger charge is 2.23. The van der Waals surface area contributed by atoms with E-state index in [2.05, 4.69) is 5.32 Å². The van der Waals surface area contributed by atoms with Gasteiger partial charge < -0.3 is 15.0 Å². The molecular weight excluding hydrogens is 374 g/mol. The average molecular weight is 397 g/mol. The van der Waals surface area contributed by atoms with E-state index >= 15 is 0 Å². The topological polar surface area (TPSA) is 102 Å². The maximum atomic E-state index is 12.6. The maximum Gasteiger partial charge on any atom is 0.338 e. The number of ether oxygens (including phenoxy) is 1. The number of nitro benzene ring substituents is 1. The van der Waals surface area contributed by atoms with Gasteiger partial charge in [0, 0.05) is 30.4 Å². The summed E-state index contributed by atoms with van der Waals surface area (Å²) in [6.07, 6.45) is 3.13. The third-order valence-electron chi connectivity index (χ3n) is 4.78. The zero-order chi connectivity index (χ0) is 20.8. The molecule has 2 aromatic carbocycles. The molecule has 0 bridgehead atoms. The van der Waals surface area contributed by atoms with Crippen molar-refractivity contribution in [3.8, 4) is 0 Å². The lowest BCUT2D eigenvalue weighted by Gasteiger charge is -2.28. The summed E-state index contributed by atoms with van der Waals surface area (Å²) in [6, 6.07) is 10.8. The number of amides is 1. The van der Waals surface area contributed by atoms with Crippen LogP contribution in [0.1, 0.15) is 46.9 Å². The molecule has 1 fully saturated rings. The van der Waals surface area contributed by atoms with Crippen LogP contribution in [0.3, 0.4) is 0 Å². The molecule has 1 aliphatic rings. The number of rotatable bonds is 6. The summed E-state index contributed by atoms with van der Waals surface area (Å²) in [4.78, 5) is 37.3. The second-order valence-electron chi connectivity index (χ2n) is 6.76. The van der Waals surface area contributed by atoms with Crippen molar-refractivity contribution >= 4 is 28.9 Å². The standard InChI is InChI=1S/C21H23N3O5/c1-2-29-21(26)15-6-9-17(10-7-15)22-20(25)16-8-11-18(19(14-16)24(27)28)23-12-4-3-5-13-23/h6-11,14H,2-5,12-13H2,1H3,(H,22,25). The number of piperidine rings is 1. The minimum absolute atomic E-state index is 0.0720. The van der Waals surface area contributed by atoms with Gasteiger partial charge in [-0.1, -0.05) is 0 Å². The van der Waals surface area contributed by atoms with Crippen LogP contribution in [0.15, 0.2) is 42.5 Å². The lowest BCUT2D eigenvalue weighted by Crippen LogP contribution is -2.30. The summed E-state index contributed by atoms with van der Waals surface area (Å²) in [7, 11) is 0. The van der Waals surface area contributed by atoms with Crippen LogP contribution < -0.4 is 10.2 Å². The van der Waals surface area contributed by atoms with Crippen LogP contribution >= 0.6 is 0 Å². The van der Waals surface area contributed by atoms with Gasteiger partial charge in [-0.3, -0.25) is 14.9 Å². The molecular formula is C21H23N3O5. The molecule has 8 nitrogen and oxygen atoms in total. The van der Waals surface area contributed by atoms with Gasteiger partial charge in [0.2, 0.25) is 0 Å². The van der Waals surface area contributed by atoms with E-state index in [1.807, 2.05) is 4.90 Å². The molecule has 0 unspecified atom stereocenters. The van der Waals surface area contributed by atoms with Crippen LogP contribution in [0.25, 0.3) is 0 Å². The number of carbonyl (C=O) groups excluding carboxylic acids is 2. The Balaban J connectivity index is 1.76. The number of hydrogen-bond donors (Lipinski definition) is 1. The number of hydrogen-bond acceptors (Lipinski definition) is 6. The lowest BCUT2D eigenvalue weighted by molar-refractivity contribution is -0.384. The van der Waals surface area contributed by atoms with Gasteiger partial charge in [0.1, 0.15) is 5.69 Å². The van der Waals surface area contributed by atoms with E-state index in [0.29, 0.717) is 16.9 Å². The van der Waals surface area contributed by atoms with Crippen LogP contribution in [-0.4, -0.2) is 36.5 Å². The van der Waals surface area contributed by atoms with Gasteiger partial charge in [-0.05, 0) is 62.6 Å². The predicted molar refractivity (Wildman–Crippen MR) is 110 cm³/mol. The number of carbonyl (C=O) groups is 2. The Morgan fingerprint density at radius 1 is 1.07 bits per heavy atom. The zero-order valence-electron chi connectivity index (χ0n) is 16.2. The van der Waals surface area contributed by atoms with E-state index < -0.39 is 16.8 Å². The van der Waals surface area contributed by atoms with Crippen LogP contribution in [0.5, 0.6) is 0 Å². The van der Waals surface area contributed by atoms with Gasteiger partial charge >= 0.3 is 5.97 Å². The average Bonchev–Trinajstić information content (AvgIpc) is 2.74. The first kappa shape index (κ1) is 20.3. The van der Waals surface area contributed by atoms with Crippen LogP contribution in [0.2, 0.25) is 0 Å². The maximum absolute atomic E-state index is 12.6. The number of benzene rings is 2. The summed E-state index contributed by atoms with van der Waals surface area (Å²) in [5.41, 5.74) is 1.53. The van der Waals surface area contributed by atoms with Gasteiger partial charge in [0.05, 0.1) is 17.1 Å². The van der Waals surface area contributed by atoms with E-state index in [1.54, 1.807) is 43.3 Å². The Hall–Kier alpha value is -3.42. The van der Waals surface area contributed by atoms with E-state index in [4.69, 9.17) is 4.74 Å². The zero-order valence-corrected chi connectivity index (χ0v) is 16.2. The van der Waals surface area contributed by atoms with Crippen molar-refractivity contribution in [1.82, 2.24) is 0 Å². The molecule has 1 aliphatic heterocycles. The van der Waals surface area contributed by atoms with Crippen molar-refractivity contribution in [2.45, 2.75) is 26.2 Å². The molecule has 0 aromatic heterocycles. The molecule has 1 N–H and O–H groups in total. The minimum atomic E-state index is -0.456. The fraction of sp³-hybridized carbons (Fsp3) is 0.333. The molecule has 0 aliphatic carbocycles. The third kappa shape index (κ3) is 4.90. The van der Waals surface area contributed by atoms with E-state index in [9.17, 15) is 19.7 Å². The minimum Gasteiger partial charge on any atom is -0.462 e. The van der Waals surface area contributed by atoms with E-state index in [1.165, 1.54) is 6.07 Å². The summed E-state index contributed by atoms with van der Waals surface area (Å²) in [5.74, 6) is -0.892. The number of esters is 1. The van der Waals surface area contributed by atoms with Gasteiger partial charge in [0.15, 0.2) is 0 Å². The highest BCUT2D eigenvalue weighted by atomic mass is 16.6. The number of nitro groups is 1. The molecule has 29 heavy (non-hydrogen) atoms. The number of nitrogens with zero attached hydrogens (tertiary/aromatic N) is 2. The van der Waals surface area contributed by atoms with Crippen LogP contribution in [0.4, 0.5) is 17.1 Å². The highest BCUT2D eigenvalue weighted by molar-refractivity contribution is 6.05. The van der Waals surface area contributed by atoms with Crippen LogP contribution in [-0.2, 0) is 4.74 Å².